The van der Waals surface area contributed by atoms with Crippen LogP contribution < -0.4 is 0 Å². The summed E-state index contributed by atoms with van der Waals surface area (Å²) in [6, 6.07) is 7.52. The lowest BCUT2D eigenvalue weighted by Gasteiger charge is -2.34. The van der Waals surface area contributed by atoms with Gasteiger partial charge in [-0.05, 0) is 26.0 Å². The third kappa shape index (κ3) is 2.83. The molecular formula is C16H19N3O2. The Morgan fingerprint density at radius 3 is 3.00 bits per heavy atom. The SMILES string of the molecule is Cc1cccc(C(=O)N2CCOC[C@H]2c2ncc(C)[nH]2)c1. The molecule has 1 amide bonds. The van der Waals surface area contributed by atoms with Gasteiger partial charge >= 0.3 is 0 Å². The summed E-state index contributed by atoms with van der Waals surface area (Å²) < 4.78 is 5.53. The monoisotopic (exact) mass is 285 g/mol. The number of amides is 1. The molecule has 1 atom stereocenters. The van der Waals surface area contributed by atoms with E-state index < -0.39 is 0 Å². The molecule has 0 aliphatic carbocycles. The molecule has 1 aliphatic rings. The summed E-state index contributed by atoms with van der Waals surface area (Å²) in [5, 5.41) is 0. The molecule has 3 rings (SSSR count). The van der Waals surface area contributed by atoms with Gasteiger partial charge in [0.05, 0.1) is 13.2 Å². The van der Waals surface area contributed by atoms with Crippen molar-refractivity contribution < 1.29 is 9.53 Å². The van der Waals surface area contributed by atoms with Crippen molar-refractivity contribution >= 4 is 5.91 Å². The number of H-pyrrole nitrogens is 1. The number of carbonyl (C=O) groups is 1. The highest BCUT2D eigenvalue weighted by molar-refractivity contribution is 5.94. The second-order valence-corrected chi connectivity index (χ2v) is 5.41. The summed E-state index contributed by atoms with van der Waals surface area (Å²) >= 11 is 0. The number of hydrogen-bond donors (Lipinski definition) is 1. The number of aromatic nitrogens is 2. The van der Waals surface area contributed by atoms with Crippen LogP contribution in [0.1, 0.15) is 33.5 Å². The van der Waals surface area contributed by atoms with E-state index >= 15 is 0 Å². The van der Waals surface area contributed by atoms with Gasteiger partial charge in [-0.3, -0.25) is 4.79 Å². The van der Waals surface area contributed by atoms with Crippen molar-refractivity contribution in [3.63, 3.8) is 0 Å². The average molecular weight is 285 g/mol. The second kappa shape index (κ2) is 5.69. The Labute approximate surface area is 124 Å². The molecule has 1 aliphatic heterocycles. The van der Waals surface area contributed by atoms with Gasteiger partial charge in [-0.1, -0.05) is 17.7 Å². The van der Waals surface area contributed by atoms with Gasteiger partial charge in [-0.2, -0.15) is 0 Å². The third-order valence-electron chi connectivity index (χ3n) is 3.69. The van der Waals surface area contributed by atoms with Crippen LogP contribution in [0.2, 0.25) is 0 Å². The highest BCUT2D eigenvalue weighted by Crippen LogP contribution is 2.24. The van der Waals surface area contributed by atoms with Gasteiger partial charge in [0.2, 0.25) is 0 Å². The predicted molar refractivity (Wildman–Crippen MR) is 79.1 cm³/mol. The predicted octanol–water partition coefficient (Wildman–Crippen LogP) is 2.24. The molecule has 1 fully saturated rings. The number of morpholine rings is 1. The standard InChI is InChI=1S/C16H19N3O2/c1-11-4-3-5-13(8-11)16(20)19-6-7-21-10-14(19)15-17-9-12(2)18-15/h3-5,8-9,14H,6-7,10H2,1-2H3,(H,17,18)/t14-/m0/s1. The fraction of sp³-hybridized carbons (Fsp3) is 0.375. The minimum atomic E-state index is -0.152. The molecule has 21 heavy (non-hydrogen) atoms. The fourth-order valence-corrected chi connectivity index (χ4v) is 2.62. The lowest BCUT2D eigenvalue weighted by Crippen LogP contribution is -2.43. The molecule has 0 bridgehead atoms. The lowest BCUT2D eigenvalue weighted by atomic mass is 10.1. The number of ether oxygens (including phenoxy) is 1. The molecule has 110 valence electrons. The van der Waals surface area contributed by atoms with E-state index in [9.17, 15) is 4.79 Å². The van der Waals surface area contributed by atoms with Gasteiger partial charge in [0.25, 0.3) is 5.91 Å². The van der Waals surface area contributed by atoms with E-state index in [2.05, 4.69) is 9.97 Å². The van der Waals surface area contributed by atoms with Gasteiger partial charge in [0.15, 0.2) is 0 Å². The topological polar surface area (TPSA) is 58.2 Å². The fourth-order valence-electron chi connectivity index (χ4n) is 2.62. The highest BCUT2D eigenvalue weighted by atomic mass is 16.5. The van der Waals surface area contributed by atoms with Crippen LogP contribution in [0.25, 0.3) is 0 Å². The molecule has 5 heteroatoms. The first kappa shape index (κ1) is 13.8. The van der Waals surface area contributed by atoms with Crippen LogP contribution in [-0.2, 0) is 4.74 Å². The maximum absolute atomic E-state index is 12.8. The van der Waals surface area contributed by atoms with E-state index in [1.165, 1.54) is 0 Å². The summed E-state index contributed by atoms with van der Waals surface area (Å²) in [6.45, 7) is 5.56. The van der Waals surface area contributed by atoms with Crippen molar-refractivity contribution in [1.29, 1.82) is 0 Å². The van der Waals surface area contributed by atoms with Gasteiger partial charge in [0, 0.05) is 24.0 Å². The van der Waals surface area contributed by atoms with Crippen LogP contribution in [0.5, 0.6) is 0 Å². The van der Waals surface area contributed by atoms with Crippen LogP contribution in [-0.4, -0.2) is 40.5 Å². The number of carbonyl (C=O) groups excluding carboxylic acids is 1. The van der Waals surface area contributed by atoms with Gasteiger partial charge in [-0.15, -0.1) is 0 Å². The van der Waals surface area contributed by atoms with Crippen LogP contribution in [0.15, 0.2) is 30.5 Å². The van der Waals surface area contributed by atoms with E-state index in [0.717, 1.165) is 17.1 Å². The Balaban J connectivity index is 1.89. The summed E-state index contributed by atoms with van der Waals surface area (Å²) in [5.41, 5.74) is 2.78. The van der Waals surface area contributed by atoms with E-state index in [1.54, 1.807) is 6.20 Å². The molecule has 1 aromatic carbocycles. The van der Waals surface area contributed by atoms with E-state index in [-0.39, 0.29) is 11.9 Å². The van der Waals surface area contributed by atoms with Crippen LogP contribution in [0.4, 0.5) is 0 Å². The largest absolute Gasteiger partial charge is 0.377 e. The molecule has 2 aromatic rings. The third-order valence-corrected chi connectivity index (χ3v) is 3.69. The Kier molecular flexibility index (Phi) is 3.75. The number of hydrogen-bond acceptors (Lipinski definition) is 3. The van der Waals surface area contributed by atoms with E-state index in [1.807, 2.05) is 43.0 Å². The zero-order valence-electron chi connectivity index (χ0n) is 12.3. The van der Waals surface area contributed by atoms with Crippen molar-refractivity contribution in [1.82, 2.24) is 14.9 Å². The van der Waals surface area contributed by atoms with Gasteiger partial charge < -0.3 is 14.6 Å². The Morgan fingerprint density at radius 1 is 1.43 bits per heavy atom. The maximum atomic E-state index is 12.8. The summed E-state index contributed by atoms with van der Waals surface area (Å²) in [6.07, 6.45) is 1.78. The first-order valence-electron chi connectivity index (χ1n) is 7.12. The summed E-state index contributed by atoms with van der Waals surface area (Å²) in [5.74, 6) is 0.814. The van der Waals surface area contributed by atoms with E-state index in [4.69, 9.17) is 4.74 Å². The zero-order valence-corrected chi connectivity index (χ0v) is 12.3. The quantitative estimate of drug-likeness (QED) is 0.920. The van der Waals surface area contributed by atoms with Gasteiger partial charge in [0.1, 0.15) is 11.9 Å². The number of imidazole rings is 1. The first-order chi connectivity index (χ1) is 10.1. The Hall–Kier alpha value is -2.14. The van der Waals surface area contributed by atoms with Crippen molar-refractivity contribution in [3.05, 3.63) is 53.1 Å². The molecule has 0 unspecified atom stereocenters. The van der Waals surface area contributed by atoms with Crippen LogP contribution in [0, 0.1) is 13.8 Å². The molecule has 0 saturated carbocycles. The summed E-state index contributed by atoms with van der Waals surface area (Å²) in [4.78, 5) is 22.2. The number of nitrogens with one attached hydrogen (secondary N) is 1. The van der Waals surface area contributed by atoms with Crippen molar-refractivity contribution in [2.24, 2.45) is 0 Å². The molecule has 1 N–H and O–H groups in total. The smallest absolute Gasteiger partial charge is 0.254 e. The molecular weight excluding hydrogens is 266 g/mol. The van der Waals surface area contributed by atoms with Crippen LogP contribution in [0.3, 0.4) is 0 Å². The van der Waals surface area contributed by atoms with Crippen molar-refractivity contribution in [3.8, 4) is 0 Å². The van der Waals surface area contributed by atoms with Crippen LogP contribution >= 0.6 is 0 Å². The molecule has 1 aromatic heterocycles. The number of nitrogens with zero attached hydrogens (tertiary/aromatic N) is 2. The molecule has 0 spiro atoms. The minimum absolute atomic E-state index is 0.0288. The molecule has 5 nitrogen and oxygen atoms in total. The number of rotatable bonds is 2. The van der Waals surface area contributed by atoms with Crippen molar-refractivity contribution in [2.45, 2.75) is 19.9 Å². The first-order valence-corrected chi connectivity index (χ1v) is 7.12. The number of benzene rings is 1. The normalized spacial score (nSPS) is 18.8. The maximum Gasteiger partial charge on any atom is 0.254 e. The Bertz CT molecular complexity index is 650. The number of aromatic amines is 1. The molecule has 2 heterocycles. The van der Waals surface area contributed by atoms with Gasteiger partial charge in [-0.25, -0.2) is 4.98 Å². The lowest BCUT2D eigenvalue weighted by molar-refractivity contribution is -0.00501. The minimum Gasteiger partial charge on any atom is -0.377 e. The van der Waals surface area contributed by atoms with Crippen molar-refractivity contribution in [2.75, 3.05) is 19.8 Å². The number of aryl methyl sites for hydroxylation is 2. The highest BCUT2D eigenvalue weighted by Gasteiger charge is 2.31. The summed E-state index contributed by atoms with van der Waals surface area (Å²) in [7, 11) is 0. The second-order valence-electron chi connectivity index (χ2n) is 5.41. The molecule has 0 radical (unpaired) electrons. The molecule has 1 saturated heterocycles. The zero-order chi connectivity index (χ0) is 14.8. The average Bonchev–Trinajstić information content (AvgIpc) is 2.93. The van der Waals surface area contributed by atoms with E-state index in [0.29, 0.717) is 25.3 Å². The Morgan fingerprint density at radius 2 is 2.29 bits per heavy atom.